The average molecular weight is 481 g/mol. The summed E-state index contributed by atoms with van der Waals surface area (Å²) in [5, 5.41) is 6.90. The Morgan fingerprint density at radius 1 is 1.23 bits per heavy atom. The van der Waals surface area contributed by atoms with Gasteiger partial charge in [-0.2, -0.15) is 0 Å². The van der Waals surface area contributed by atoms with E-state index in [4.69, 9.17) is 9.73 Å². The van der Waals surface area contributed by atoms with Crippen molar-refractivity contribution in [2.75, 3.05) is 46.9 Å². The van der Waals surface area contributed by atoms with Crippen molar-refractivity contribution in [2.45, 2.75) is 51.6 Å². The zero-order valence-corrected chi connectivity index (χ0v) is 19.0. The molecule has 2 rings (SSSR count). The van der Waals surface area contributed by atoms with Gasteiger partial charge in [0.25, 0.3) is 0 Å². The molecular weight excluding hydrogens is 445 g/mol. The molecular formula is C18H36IN5O2. The van der Waals surface area contributed by atoms with Gasteiger partial charge >= 0.3 is 6.09 Å². The predicted octanol–water partition coefficient (Wildman–Crippen LogP) is 2.12. The normalized spacial score (nSPS) is 19.7. The van der Waals surface area contributed by atoms with Crippen LogP contribution in [0.15, 0.2) is 4.99 Å². The van der Waals surface area contributed by atoms with Gasteiger partial charge in [0, 0.05) is 31.7 Å². The van der Waals surface area contributed by atoms with Gasteiger partial charge in [0.05, 0.1) is 13.2 Å². The highest BCUT2D eigenvalue weighted by molar-refractivity contribution is 14.0. The number of aliphatic imine (C=N–C) groups is 1. The first kappa shape index (κ1) is 23.3. The van der Waals surface area contributed by atoms with E-state index in [-0.39, 0.29) is 30.1 Å². The van der Waals surface area contributed by atoms with E-state index in [1.165, 1.54) is 12.8 Å². The molecule has 2 N–H and O–H groups in total. The number of nitrogens with one attached hydrogen (secondary N) is 2. The lowest BCUT2D eigenvalue weighted by atomic mass is 10.1. The molecule has 1 saturated heterocycles. The summed E-state index contributed by atoms with van der Waals surface area (Å²) in [6.45, 7) is 7.51. The maximum Gasteiger partial charge on any atom is 0.409 e. The Labute approximate surface area is 175 Å². The lowest BCUT2D eigenvalue weighted by molar-refractivity contribution is 0.0963. The molecule has 1 saturated carbocycles. The number of hydrogen-bond donors (Lipinski definition) is 2. The predicted molar refractivity (Wildman–Crippen MR) is 116 cm³/mol. The molecule has 0 aromatic rings. The van der Waals surface area contributed by atoms with Crippen molar-refractivity contribution in [3.05, 3.63) is 0 Å². The lowest BCUT2D eigenvalue weighted by Gasteiger charge is -2.32. The SMILES string of the molecule is CCNC(=NCC(C1CC1)N(C)C)NC1CCN(C(=O)OCC)CC1.I. The van der Waals surface area contributed by atoms with Crippen LogP contribution in [0, 0.1) is 5.92 Å². The highest BCUT2D eigenvalue weighted by Crippen LogP contribution is 2.34. The number of ether oxygens (including phenoxy) is 1. The Morgan fingerprint density at radius 2 is 1.88 bits per heavy atom. The molecule has 1 unspecified atom stereocenters. The summed E-state index contributed by atoms with van der Waals surface area (Å²) in [4.78, 5) is 20.7. The van der Waals surface area contributed by atoms with E-state index in [0.29, 0.717) is 18.7 Å². The third-order valence-corrected chi connectivity index (χ3v) is 4.97. The van der Waals surface area contributed by atoms with E-state index in [1.807, 2.05) is 6.92 Å². The topological polar surface area (TPSA) is 69.2 Å². The molecule has 1 aliphatic heterocycles. The average Bonchev–Trinajstić information content (AvgIpc) is 3.40. The van der Waals surface area contributed by atoms with Crippen LogP contribution in [-0.2, 0) is 4.74 Å². The third kappa shape index (κ3) is 7.46. The molecule has 2 aliphatic rings. The fourth-order valence-corrected chi connectivity index (χ4v) is 3.33. The minimum atomic E-state index is -0.195. The number of nitrogens with zero attached hydrogens (tertiary/aromatic N) is 3. The molecule has 26 heavy (non-hydrogen) atoms. The molecule has 8 heteroatoms. The lowest BCUT2D eigenvalue weighted by Crippen LogP contribution is -2.50. The largest absolute Gasteiger partial charge is 0.450 e. The number of rotatable bonds is 7. The van der Waals surface area contributed by atoms with E-state index in [1.54, 1.807) is 4.90 Å². The smallest absolute Gasteiger partial charge is 0.409 e. The number of hydrogen-bond acceptors (Lipinski definition) is 4. The molecule has 7 nitrogen and oxygen atoms in total. The van der Waals surface area contributed by atoms with Gasteiger partial charge in [0.15, 0.2) is 5.96 Å². The van der Waals surface area contributed by atoms with Crippen molar-refractivity contribution in [1.29, 1.82) is 0 Å². The second kappa shape index (κ2) is 11.8. The van der Waals surface area contributed by atoms with Crippen LogP contribution in [0.3, 0.4) is 0 Å². The van der Waals surface area contributed by atoms with Gasteiger partial charge in [0.2, 0.25) is 0 Å². The van der Waals surface area contributed by atoms with E-state index >= 15 is 0 Å². The number of carbonyl (C=O) groups excluding carboxylic acids is 1. The minimum absolute atomic E-state index is 0. The van der Waals surface area contributed by atoms with Crippen molar-refractivity contribution < 1.29 is 9.53 Å². The molecule has 1 heterocycles. The number of likely N-dealkylation sites (tertiary alicyclic amines) is 1. The first-order valence-electron chi connectivity index (χ1n) is 9.68. The summed E-state index contributed by atoms with van der Waals surface area (Å²) in [5.41, 5.74) is 0. The third-order valence-electron chi connectivity index (χ3n) is 4.97. The molecule has 2 fully saturated rings. The summed E-state index contributed by atoms with van der Waals surface area (Å²) in [7, 11) is 4.29. The maximum atomic E-state index is 11.8. The first-order chi connectivity index (χ1) is 12.0. The number of carbonyl (C=O) groups is 1. The summed E-state index contributed by atoms with van der Waals surface area (Å²) in [5.74, 6) is 1.69. The Morgan fingerprint density at radius 3 is 2.38 bits per heavy atom. The van der Waals surface area contributed by atoms with Crippen LogP contribution < -0.4 is 10.6 Å². The van der Waals surface area contributed by atoms with Crippen molar-refractivity contribution in [2.24, 2.45) is 10.9 Å². The quantitative estimate of drug-likeness (QED) is 0.331. The van der Waals surface area contributed by atoms with Crippen molar-refractivity contribution in [3.8, 4) is 0 Å². The standard InChI is InChI=1S/C18H35N5O2.HI/c1-5-19-17(20-13-16(22(3)4)14-7-8-14)21-15-9-11-23(12-10-15)18(24)25-6-2;/h14-16H,5-13H2,1-4H3,(H2,19,20,21);1H. The fraction of sp³-hybridized carbons (Fsp3) is 0.889. The molecule has 0 aromatic carbocycles. The molecule has 1 aliphatic carbocycles. The Balaban J connectivity index is 0.00000338. The second-order valence-electron chi connectivity index (χ2n) is 7.19. The maximum absolute atomic E-state index is 11.8. The fourth-order valence-electron chi connectivity index (χ4n) is 3.33. The summed E-state index contributed by atoms with van der Waals surface area (Å²) >= 11 is 0. The Bertz CT molecular complexity index is 447. The number of amides is 1. The Hall–Kier alpha value is -0.770. The van der Waals surface area contributed by atoms with Crippen LogP contribution in [0.4, 0.5) is 4.79 Å². The number of likely N-dealkylation sites (N-methyl/N-ethyl adjacent to an activating group) is 1. The first-order valence-corrected chi connectivity index (χ1v) is 9.68. The molecule has 0 radical (unpaired) electrons. The molecule has 0 aromatic heterocycles. The van der Waals surface area contributed by atoms with Crippen LogP contribution in [0.2, 0.25) is 0 Å². The van der Waals surface area contributed by atoms with E-state index in [9.17, 15) is 4.79 Å². The summed E-state index contributed by atoms with van der Waals surface area (Å²) in [6, 6.07) is 0.878. The van der Waals surface area contributed by atoms with Crippen molar-refractivity contribution in [1.82, 2.24) is 20.4 Å². The van der Waals surface area contributed by atoms with Crippen LogP contribution in [0.1, 0.15) is 39.5 Å². The van der Waals surface area contributed by atoms with E-state index in [0.717, 1.165) is 50.9 Å². The van der Waals surface area contributed by atoms with Crippen LogP contribution in [0.5, 0.6) is 0 Å². The molecule has 1 amide bonds. The van der Waals surface area contributed by atoms with Gasteiger partial charge in [0.1, 0.15) is 0 Å². The second-order valence-corrected chi connectivity index (χ2v) is 7.19. The highest BCUT2D eigenvalue weighted by atomic mass is 127. The Kier molecular flexibility index (Phi) is 10.6. The minimum Gasteiger partial charge on any atom is -0.450 e. The molecule has 1 atom stereocenters. The van der Waals surface area contributed by atoms with E-state index < -0.39 is 0 Å². The zero-order valence-electron chi connectivity index (χ0n) is 16.7. The number of halogens is 1. The van der Waals surface area contributed by atoms with Gasteiger partial charge in [-0.15, -0.1) is 24.0 Å². The van der Waals surface area contributed by atoms with E-state index in [2.05, 4.69) is 36.6 Å². The molecule has 0 spiro atoms. The number of guanidine groups is 1. The van der Waals surface area contributed by atoms with Crippen LogP contribution >= 0.6 is 24.0 Å². The van der Waals surface area contributed by atoms with Gasteiger partial charge in [-0.1, -0.05) is 0 Å². The molecule has 152 valence electrons. The van der Waals surface area contributed by atoms with Crippen molar-refractivity contribution in [3.63, 3.8) is 0 Å². The summed E-state index contributed by atoms with van der Waals surface area (Å²) < 4.78 is 5.08. The van der Waals surface area contributed by atoms with Gasteiger partial charge < -0.3 is 25.2 Å². The van der Waals surface area contributed by atoms with Crippen LogP contribution in [-0.4, -0.2) is 80.8 Å². The van der Waals surface area contributed by atoms with Gasteiger partial charge in [-0.05, 0) is 59.5 Å². The molecule has 0 bridgehead atoms. The number of piperidine rings is 1. The van der Waals surface area contributed by atoms with Crippen LogP contribution in [0.25, 0.3) is 0 Å². The monoisotopic (exact) mass is 481 g/mol. The van der Waals surface area contributed by atoms with Crippen molar-refractivity contribution >= 4 is 36.0 Å². The highest BCUT2D eigenvalue weighted by Gasteiger charge is 2.32. The zero-order chi connectivity index (χ0) is 18.2. The summed E-state index contributed by atoms with van der Waals surface area (Å²) in [6.07, 6.45) is 4.30. The van der Waals surface area contributed by atoms with Gasteiger partial charge in [-0.3, -0.25) is 4.99 Å². The van der Waals surface area contributed by atoms with Gasteiger partial charge in [-0.25, -0.2) is 4.79 Å².